The molecule has 1 aromatic rings. The molecule has 3 N–H and O–H groups in total. The predicted octanol–water partition coefficient (Wildman–Crippen LogP) is 1.69. The van der Waals surface area contributed by atoms with Crippen LogP contribution in [0.5, 0.6) is 0 Å². The molecule has 5 nitrogen and oxygen atoms in total. The summed E-state index contributed by atoms with van der Waals surface area (Å²) in [5, 5.41) is 13.2. The fourth-order valence-corrected chi connectivity index (χ4v) is 2.68. The second kappa shape index (κ2) is 5.52. The average Bonchev–Trinajstić information content (AvgIpc) is 2.99. The minimum Gasteiger partial charge on any atom is -0.316 e. The quantitative estimate of drug-likeness (QED) is 0.745. The first-order valence-corrected chi connectivity index (χ1v) is 6.76. The van der Waals surface area contributed by atoms with E-state index in [2.05, 4.69) is 34.7 Å². The largest absolute Gasteiger partial charge is 0.316 e. The second-order valence-corrected chi connectivity index (χ2v) is 5.04. The Morgan fingerprint density at radius 1 is 1.56 bits per heavy atom. The Morgan fingerprint density at radius 2 is 2.39 bits per heavy atom. The molecule has 1 aliphatic rings. The van der Waals surface area contributed by atoms with Crippen molar-refractivity contribution in [2.45, 2.75) is 39.5 Å². The smallest absolute Gasteiger partial charge is 0.233 e. The molecule has 0 aliphatic carbocycles. The zero-order chi connectivity index (χ0) is 13.0. The highest BCUT2D eigenvalue weighted by molar-refractivity contribution is 5.95. The summed E-state index contributed by atoms with van der Waals surface area (Å²) in [6.45, 7) is 5.89. The molecule has 2 rings (SSSR count). The lowest BCUT2D eigenvalue weighted by Gasteiger charge is -2.26. The van der Waals surface area contributed by atoms with E-state index in [1.54, 1.807) is 6.20 Å². The van der Waals surface area contributed by atoms with Crippen LogP contribution in [0, 0.1) is 5.41 Å². The van der Waals surface area contributed by atoms with Gasteiger partial charge >= 0.3 is 0 Å². The van der Waals surface area contributed by atoms with Crippen molar-refractivity contribution in [1.82, 2.24) is 15.5 Å². The van der Waals surface area contributed by atoms with Crippen LogP contribution in [0.4, 0.5) is 5.82 Å². The first-order valence-electron chi connectivity index (χ1n) is 6.76. The highest BCUT2D eigenvalue weighted by Crippen LogP contribution is 2.32. The van der Waals surface area contributed by atoms with Crippen LogP contribution in [-0.2, 0) is 11.2 Å². The molecule has 2 heterocycles. The Morgan fingerprint density at radius 3 is 3.00 bits per heavy atom. The predicted molar refractivity (Wildman–Crippen MR) is 71.4 cm³/mol. The molecule has 100 valence electrons. The molecule has 0 aromatic carbocycles. The Labute approximate surface area is 108 Å². The molecule has 0 spiro atoms. The lowest BCUT2D eigenvalue weighted by molar-refractivity contribution is -0.125. The fourth-order valence-electron chi connectivity index (χ4n) is 2.68. The van der Waals surface area contributed by atoms with E-state index in [1.807, 2.05) is 0 Å². The number of hydrogen-bond acceptors (Lipinski definition) is 3. The van der Waals surface area contributed by atoms with Crippen LogP contribution in [0.2, 0.25) is 0 Å². The number of carbonyl (C=O) groups is 1. The van der Waals surface area contributed by atoms with Crippen molar-refractivity contribution in [3.63, 3.8) is 0 Å². The molecule has 0 saturated carbocycles. The number of hydrogen-bond donors (Lipinski definition) is 3. The number of nitrogens with one attached hydrogen (secondary N) is 3. The normalized spacial score (nSPS) is 23.2. The summed E-state index contributed by atoms with van der Waals surface area (Å²) in [5.41, 5.74) is 0.811. The molecule has 1 aromatic heterocycles. The maximum Gasteiger partial charge on any atom is 0.233 e. The van der Waals surface area contributed by atoms with Crippen molar-refractivity contribution in [1.29, 1.82) is 0 Å². The molecule has 1 amide bonds. The third-order valence-corrected chi connectivity index (χ3v) is 3.79. The molecule has 1 saturated heterocycles. The third kappa shape index (κ3) is 2.41. The minimum absolute atomic E-state index is 0.119. The van der Waals surface area contributed by atoms with Crippen LogP contribution < -0.4 is 10.6 Å². The van der Waals surface area contributed by atoms with E-state index in [0.717, 1.165) is 50.2 Å². The van der Waals surface area contributed by atoms with E-state index < -0.39 is 0 Å². The SMILES string of the molecule is CCCC1(C(=O)Nc2[nH]ncc2CC)CCNC1. The van der Waals surface area contributed by atoms with E-state index in [9.17, 15) is 4.79 Å². The molecule has 1 atom stereocenters. The topological polar surface area (TPSA) is 69.8 Å². The lowest BCUT2D eigenvalue weighted by atomic mass is 9.81. The molecular weight excluding hydrogens is 228 g/mol. The average molecular weight is 250 g/mol. The van der Waals surface area contributed by atoms with Gasteiger partial charge in [0.05, 0.1) is 11.6 Å². The molecule has 1 unspecified atom stereocenters. The first kappa shape index (κ1) is 13.1. The Balaban J connectivity index is 2.10. The second-order valence-electron chi connectivity index (χ2n) is 5.04. The summed E-state index contributed by atoms with van der Waals surface area (Å²) < 4.78 is 0. The maximum atomic E-state index is 12.5. The lowest BCUT2D eigenvalue weighted by Crippen LogP contribution is -2.38. The molecular formula is C13H22N4O. The van der Waals surface area contributed by atoms with Gasteiger partial charge in [0.15, 0.2) is 0 Å². The Hall–Kier alpha value is -1.36. The maximum absolute atomic E-state index is 12.5. The van der Waals surface area contributed by atoms with Crippen LogP contribution in [0.15, 0.2) is 6.20 Å². The van der Waals surface area contributed by atoms with Crippen LogP contribution >= 0.6 is 0 Å². The minimum atomic E-state index is -0.245. The Bertz CT molecular complexity index is 407. The molecule has 1 fully saturated rings. The zero-order valence-corrected chi connectivity index (χ0v) is 11.2. The number of carbonyl (C=O) groups excluding carboxylic acids is 1. The van der Waals surface area contributed by atoms with Crippen LogP contribution in [0.1, 0.15) is 38.7 Å². The summed E-state index contributed by atoms with van der Waals surface area (Å²) in [6.07, 6.45) is 5.52. The number of nitrogens with zero attached hydrogens (tertiary/aromatic N) is 1. The highest BCUT2D eigenvalue weighted by Gasteiger charge is 2.40. The van der Waals surface area contributed by atoms with E-state index in [1.165, 1.54) is 0 Å². The van der Waals surface area contributed by atoms with E-state index in [-0.39, 0.29) is 11.3 Å². The molecule has 18 heavy (non-hydrogen) atoms. The van der Waals surface area contributed by atoms with Gasteiger partial charge in [0.25, 0.3) is 0 Å². The third-order valence-electron chi connectivity index (χ3n) is 3.79. The Kier molecular flexibility index (Phi) is 4.01. The van der Waals surface area contributed by atoms with Crippen LogP contribution in [0.25, 0.3) is 0 Å². The summed E-state index contributed by atoms with van der Waals surface area (Å²) in [5.74, 6) is 0.873. The number of aromatic nitrogens is 2. The van der Waals surface area contributed by atoms with Gasteiger partial charge in [-0.15, -0.1) is 0 Å². The van der Waals surface area contributed by atoms with Gasteiger partial charge in [-0.05, 0) is 25.8 Å². The monoisotopic (exact) mass is 250 g/mol. The zero-order valence-electron chi connectivity index (χ0n) is 11.2. The van der Waals surface area contributed by atoms with E-state index in [4.69, 9.17) is 0 Å². The van der Waals surface area contributed by atoms with E-state index >= 15 is 0 Å². The standard InChI is InChI=1S/C13H22N4O/c1-3-5-13(6-7-14-9-13)12(18)16-11-10(4-2)8-15-17-11/h8,14H,3-7,9H2,1-2H3,(H2,15,16,17,18). The summed E-state index contributed by atoms with van der Waals surface area (Å²) in [6, 6.07) is 0. The van der Waals surface area contributed by atoms with Crippen molar-refractivity contribution in [2.75, 3.05) is 18.4 Å². The van der Waals surface area contributed by atoms with Gasteiger partial charge in [0.1, 0.15) is 5.82 Å². The fraction of sp³-hybridized carbons (Fsp3) is 0.692. The van der Waals surface area contributed by atoms with Gasteiger partial charge in [0.2, 0.25) is 5.91 Å². The number of aryl methyl sites for hydroxylation is 1. The van der Waals surface area contributed by atoms with Crippen LogP contribution in [0.3, 0.4) is 0 Å². The number of H-pyrrole nitrogens is 1. The van der Waals surface area contributed by atoms with Gasteiger partial charge in [-0.25, -0.2) is 0 Å². The van der Waals surface area contributed by atoms with Gasteiger partial charge < -0.3 is 10.6 Å². The van der Waals surface area contributed by atoms with Gasteiger partial charge in [-0.3, -0.25) is 9.89 Å². The van der Waals surface area contributed by atoms with Crippen molar-refractivity contribution in [3.05, 3.63) is 11.8 Å². The van der Waals surface area contributed by atoms with Gasteiger partial charge in [-0.2, -0.15) is 5.10 Å². The number of amides is 1. The summed E-state index contributed by atoms with van der Waals surface area (Å²) in [7, 11) is 0. The summed E-state index contributed by atoms with van der Waals surface area (Å²) >= 11 is 0. The summed E-state index contributed by atoms with van der Waals surface area (Å²) in [4.78, 5) is 12.5. The molecule has 1 aliphatic heterocycles. The highest BCUT2D eigenvalue weighted by atomic mass is 16.2. The molecule has 0 radical (unpaired) electrons. The van der Waals surface area contributed by atoms with E-state index in [0.29, 0.717) is 0 Å². The molecule has 5 heteroatoms. The van der Waals surface area contributed by atoms with Gasteiger partial charge in [-0.1, -0.05) is 20.3 Å². The first-order chi connectivity index (χ1) is 8.72. The number of anilines is 1. The van der Waals surface area contributed by atoms with Crippen molar-refractivity contribution < 1.29 is 4.79 Å². The van der Waals surface area contributed by atoms with Crippen molar-refractivity contribution >= 4 is 11.7 Å². The molecule has 0 bridgehead atoms. The van der Waals surface area contributed by atoms with Gasteiger partial charge in [0, 0.05) is 12.1 Å². The van der Waals surface area contributed by atoms with Crippen molar-refractivity contribution in [3.8, 4) is 0 Å². The van der Waals surface area contributed by atoms with Crippen molar-refractivity contribution in [2.24, 2.45) is 5.41 Å². The number of aromatic amines is 1. The number of rotatable bonds is 5. The van der Waals surface area contributed by atoms with Crippen LogP contribution in [-0.4, -0.2) is 29.2 Å².